The lowest BCUT2D eigenvalue weighted by molar-refractivity contribution is 0.719. The first-order valence-electron chi connectivity index (χ1n) is 9.80. The maximum atomic E-state index is 6.39. The summed E-state index contributed by atoms with van der Waals surface area (Å²) in [5, 5.41) is 15.9. The summed E-state index contributed by atoms with van der Waals surface area (Å²) in [7, 11) is 0. The summed E-state index contributed by atoms with van der Waals surface area (Å²) in [5.41, 5.74) is 2.06. The molecule has 0 aliphatic carbocycles. The lowest BCUT2D eigenvalue weighted by Gasteiger charge is -2.14. The van der Waals surface area contributed by atoms with Gasteiger partial charge in [-0.25, -0.2) is 0 Å². The SMILES string of the molecule is Sc1c(NCCNCCNc2c(Cl)ccc3ccccc23)ccc2ccccc12. The first-order valence-corrected chi connectivity index (χ1v) is 10.6. The predicted octanol–water partition coefficient (Wildman–Crippen LogP) is 6.05. The van der Waals surface area contributed by atoms with E-state index >= 15 is 0 Å². The fraction of sp³-hybridized carbons (Fsp3) is 0.167. The Morgan fingerprint density at radius 3 is 2.07 bits per heavy atom. The van der Waals surface area contributed by atoms with Crippen molar-refractivity contribution in [3.05, 3.63) is 77.8 Å². The highest BCUT2D eigenvalue weighted by molar-refractivity contribution is 7.80. The summed E-state index contributed by atoms with van der Waals surface area (Å²) in [4.78, 5) is 0.996. The number of anilines is 2. The molecule has 0 unspecified atom stereocenters. The quantitative estimate of drug-likeness (QED) is 0.206. The number of halogens is 1. The van der Waals surface area contributed by atoms with Crippen LogP contribution in [0.15, 0.2) is 77.7 Å². The molecule has 0 aliphatic heterocycles. The first kappa shape index (κ1) is 19.9. The number of fused-ring (bicyclic) bond motifs is 2. The van der Waals surface area contributed by atoms with Crippen molar-refractivity contribution < 1.29 is 0 Å². The highest BCUT2D eigenvalue weighted by atomic mass is 35.5. The van der Waals surface area contributed by atoms with Crippen LogP contribution in [0.3, 0.4) is 0 Å². The highest BCUT2D eigenvalue weighted by Crippen LogP contribution is 2.31. The molecule has 3 nitrogen and oxygen atoms in total. The molecule has 0 saturated carbocycles. The molecular formula is C24H24ClN3S. The minimum Gasteiger partial charge on any atom is -0.383 e. The van der Waals surface area contributed by atoms with E-state index in [-0.39, 0.29) is 0 Å². The first-order chi connectivity index (χ1) is 14.2. The van der Waals surface area contributed by atoms with Crippen LogP contribution in [0.25, 0.3) is 21.5 Å². The van der Waals surface area contributed by atoms with Crippen molar-refractivity contribution in [3.63, 3.8) is 0 Å². The van der Waals surface area contributed by atoms with E-state index in [1.165, 1.54) is 16.2 Å². The van der Waals surface area contributed by atoms with Gasteiger partial charge in [-0.15, -0.1) is 12.6 Å². The van der Waals surface area contributed by atoms with Gasteiger partial charge in [-0.3, -0.25) is 0 Å². The fourth-order valence-corrected chi connectivity index (χ4v) is 4.10. The van der Waals surface area contributed by atoms with E-state index in [1.807, 2.05) is 30.3 Å². The van der Waals surface area contributed by atoms with Crippen LogP contribution in [0.1, 0.15) is 0 Å². The zero-order valence-electron chi connectivity index (χ0n) is 16.1. The molecule has 0 fully saturated rings. The molecule has 4 aromatic rings. The standard InChI is InChI=1S/C24H24ClN3S/c25-21-11-9-17-5-1-3-7-19(17)23(21)28-16-14-26-13-15-27-22-12-10-18-6-2-4-8-20(18)24(22)29/h1-12,26-29H,13-16H2. The second-order valence-electron chi connectivity index (χ2n) is 6.93. The molecule has 0 saturated heterocycles. The Hall–Kier alpha value is -2.40. The van der Waals surface area contributed by atoms with Crippen LogP contribution in [0.2, 0.25) is 5.02 Å². The third kappa shape index (κ3) is 4.61. The van der Waals surface area contributed by atoms with Gasteiger partial charge >= 0.3 is 0 Å². The Morgan fingerprint density at radius 2 is 1.28 bits per heavy atom. The molecule has 4 rings (SSSR count). The molecule has 0 heterocycles. The van der Waals surface area contributed by atoms with Crippen molar-refractivity contribution >= 4 is 57.1 Å². The topological polar surface area (TPSA) is 36.1 Å². The van der Waals surface area contributed by atoms with Gasteiger partial charge in [-0.05, 0) is 28.3 Å². The Bertz CT molecular complexity index is 1130. The molecule has 0 aliphatic rings. The summed E-state index contributed by atoms with van der Waals surface area (Å²) in [5.74, 6) is 0. The number of benzene rings is 4. The number of rotatable bonds is 8. The van der Waals surface area contributed by atoms with Crippen LogP contribution >= 0.6 is 24.2 Å². The average molecular weight is 422 g/mol. The van der Waals surface area contributed by atoms with E-state index in [1.54, 1.807) is 0 Å². The van der Waals surface area contributed by atoms with Crippen LogP contribution in [-0.4, -0.2) is 26.2 Å². The molecule has 0 bridgehead atoms. The summed E-state index contributed by atoms with van der Waals surface area (Å²) in [6, 6.07) is 24.8. The number of hydrogen-bond acceptors (Lipinski definition) is 4. The van der Waals surface area contributed by atoms with Gasteiger partial charge in [-0.1, -0.05) is 72.3 Å². The zero-order valence-corrected chi connectivity index (χ0v) is 17.7. The predicted molar refractivity (Wildman–Crippen MR) is 130 cm³/mol. The molecule has 0 amide bonds. The van der Waals surface area contributed by atoms with Gasteiger partial charge in [0.2, 0.25) is 0 Å². The van der Waals surface area contributed by atoms with Crippen molar-refractivity contribution in [2.45, 2.75) is 4.90 Å². The Kier molecular flexibility index (Phi) is 6.45. The van der Waals surface area contributed by atoms with E-state index in [2.05, 4.69) is 58.4 Å². The summed E-state index contributed by atoms with van der Waals surface area (Å²) >= 11 is 11.1. The van der Waals surface area contributed by atoms with E-state index in [4.69, 9.17) is 24.2 Å². The smallest absolute Gasteiger partial charge is 0.0644 e. The van der Waals surface area contributed by atoms with Gasteiger partial charge < -0.3 is 16.0 Å². The molecule has 0 atom stereocenters. The molecule has 0 aromatic heterocycles. The van der Waals surface area contributed by atoms with E-state index in [0.29, 0.717) is 0 Å². The van der Waals surface area contributed by atoms with Gasteiger partial charge in [0, 0.05) is 42.1 Å². The van der Waals surface area contributed by atoms with Crippen molar-refractivity contribution in [1.82, 2.24) is 5.32 Å². The minimum absolute atomic E-state index is 0.753. The second-order valence-corrected chi connectivity index (χ2v) is 7.78. The van der Waals surface area contributed by atoms with Crippen LogP contribution < -0.4 is 16.0 Å². The summed E-state index contributed by atoms with van der Waals surface area (Å²) < 4.78 is 0. The van der Waals surface area contributed by atoms with Gasteiger partial charge in [0.15, 0.2) is 0 Å². The fourth-order valence-electron chi connectivity index (χ4n) is 3.51. The third-order valence-corrected chi connectivity index (χ3v) is 5.80. The maximum absolute atomic E-state index is 6.39. The van der Waals surface area contributed by atoms with E-state index in [9.17, 15) is 0 Å². The lowest BCUT2D eigenvalue weighted by Crippen LogP contribution is -2.27. The monoisotopic (exact) mass is 421 g/mol. The molecule has 5 heteroatoms. The van der Waals surface area contributed by atoms with Crippen LogP contribution in [-0.2, 0) is 0 Å². The average Bonchev–Trinajstić information content (AvgIpc) is 2.76. The van der Waals surface area contributed by atoms with Crippen molar-refractivity contribution in [1.29, 1.82) is 0 Å². The number of hydrogen-bond donors (Lipinski definition) is 4. The maximum Gasteiger partial charge on any atom is 0.0644 e. The van der Waals surface area contributed by atoms with Gasteiger partial charge in [-0.2, -0.15) is 0 Å². The van der Waals surface area contributed by atoms with Gasteiger partial charge in [0.1, 0.15) is 0 Å². The van der Waals surface area contributed by atoms with Crippen LogP contribution in [0, 0.1) is 0 Å². The second kappa shape index (κ2) is 9.40. The van der Waals surface area contributed by atoms with E-state index < -0.39 is 0 Å². The van der Waals surface area contributed by atoms with Crippen LogP contribution in [0.4, 0.5) is 11.4 Å². The molecule has 0 spiro atoms. The largest absolute Gasteiger partial charge is 0.383 e. The summed E-state index contributed by atoms with van der Waals surface area (Å²) in [6.07, 6.45) is 0. The highest BCUT2D eigenvalue weighted by Gasteiger charge is 2.05. The van der Waals surface area contributed by atoms with Crippen molar-refractivity contribution in [2.75, 3.05) is 36.8 Å². The molecule has 4 aromatic carbocycles. The third-order valence-electron chi connectivity index (χ3n) is 5.00. The molecule has 29 heavy (non-hydrogen) atoms. The van der Waals surface area contributed by atoms with Gasteiger partial charge in [0.25, 0.3) is 0 Å². The minimum atomic E-state index is 0.753. The Labute approximate surface area is 181 Å². The summed E-state index contributed by atoms with van der Waals surface area (Å²) in [6.45, 7) is 3.36. The Morgan fingerprint density at radius 1 is 0.655 bits per heavy atom. The molecule has 148 valence electrons. The van der Waals surface area contributed by atoms with Crippen molar-refractivity contribution in [3.8, 4) is 0 Å². The van der Waals surface area contributed by atoms with Crippen LogP contribution in [0.5, 0.6) is 0 Å². The lowest BCUT2D eigenvalue weighted by atomic mass is 10.1. The molecule has 0 radical (unpaired) electrons. The van der Waals surface area contributed by atoms with Gasteiger partial charge in [0.05, 0.1) is 10.7 Å². The zero-order chi connectivity index (χ0) is 20.1. The van der Waals surface area contributed by atoms with E-state index in [0.717, 1.165) is 52.9 Å². The van der Waals surface area contributed by atoms with Crippen molar-refractivity contribution in [2.24, 2.45) is 0 Å². The number of nitrogens with one attached hydrogen (secondary N) is 3. The number of thiol groups is 1. The normalized spacial score (nSPS) is 11.1. The molecule has 3 N–H and O–H groups in total. The molecular weight excluding hydrogens is 398 g/mol. The Balaban J connectivity index is 1.24.